The van der Waals surface area contributed by atoms with Crippen LogP contribution in [0.4, 0.5) is 5.69 Å². The number of para-hydroxylation sites is 1. The van der Waals surface area contributed by atoms with Crippen LogP contribution in [0.25, 0.3) is 0 Å². The van der Waals surface area contributed by atoms with Gasteiger partial charge in [0.2, 0.25) is 0 Å². The van der Waals surface area contributed by atoms with E-state index in [1.807, 2.05) is 30.3 Å². The summed E-state index contributed by atoms with van der Waals surface area (Å²) in [6, 6.07) is 17.1. The van der Waals surface area contributed by atoms with E-state index in [1.165, 1.54) is 5.56 Å². The van der Waals surface area contributed by atoms with Gasteiger partial charge in [0.05, 0.1) is 4.92 Å². The second-order valence-corrected chi connectivity index (χ2v) is 5.19. The lowest BCUT2D eigenvalue weighted by atomic mass is 10.1. The summed E-state index contributed by atoms with van der Waals surface area (Å²) in [6.45, 7) is 2.63. The highest BCUT2D eigenvalue weighted by Crippen LogP contribution is 2.19. The Morgan fingerprint density at radius 2 is 1.65 bits per heavy atom. The molecule has 0 aliphatic heterocycles. The summed E-state index contributed by atoms with van der Waals surface area (Å²) in [5, 5.41) is 11.1. The number of nitrogens with two attached hydrogens (primary N) is 1. The monoisotopic (exact) mass is 335 g/mol. The van der Waals surface area contributed by atoms with Gasteiger partial charge in [-0.15, -0.1) is 12.4 Å². The van der Waals surface area contributed by atoms with Crippen molar-refractivity contribution in [2.75, 3.05) is 19.6 Å². The molecule has 2 aromatic rings. The highest BCUT2D eigenvalue weighted by atomic mass is 35.5. The van der Waals surface area contributed by atoms with Crippen molar-refractivity contribution in [2.24, 2.45) is 5.73 Å². The Kier molecular flexibility index (Phi) is 8.26. The fourth-order valence-electron chi connectivity index (χ4n) is 2.45. The summed E-state index contributed by atoms with van der Waals surface area (Å²) in [5.74, 6) is 0. The minimum atomic E-state index is -0.326. The molecule has 0 saturated carbocycles. The van der Waals surface area contributed by atoms with Crippen LogP contribution < -0.4 is 5.73 Å². The predicted octanol–water partition coefficient (Wildman–Crippen LogP) is 3.02. The molecule has 0 bridgehead atoms. The summed E-state index contributed by atoms with van der Waals surface area (Å²) < 4.78 is 0. The molecule has 0 aliphatic rings. The number of hydrogen-bond donors (Lipinski definition) is 1. The number of benzene rings is 2. The van der Waals surface area contributed by atoms with Crippen molar-refractivity contribution in [3.63, 3.8) is 0 Å². The van der Waals surface area contributed by atoms with E-state index in [1.54, 1.807) is 12.1 Å². The molecule has 0 spiro atoms. The van der Waals surface area contributed by atoms with Gasteiger partial charge >= 0.3 is 0 Å². The van der Waals surface area contributed by atoms with E-state index in [-0.39, 0.29) is 23.0 Å². The number of nitro groups is 1. The van der Waals surface area contributed by atoms with Crippen molar-refractivity contribution < 1.29 is 4.92 Å². The predicted molar refractivity (Wildman–Crippen MR) is 94.8 cm³/mol. The molecule has 2 rings (SSSR count). The van der Waals surface area contributed by atoms with Crippen molar-refractivity contribution >= 4 is 18.1 Å². The molecule has 0 heterocycles. The molecule has 6 heteroatoms. The molecule has 23 heavy (non-hydrogen) atoms. The first kappa shape index (κ1) is 19.1. The van der Waals surface area contributed by atoms with Gasteiger partial charge in [0.15, 0.2) is 0 Å². The lowest BCUT2D eigenvalue weighted by Gasteiger charge is -2.21. The van der Waals surface area contributed by atoms with Gasteiger partial charge in [0.25, 0.3) is 5.69 Å². The maximum Gasteiger partial charge on any atom is 0.273 e. The number of hydrogen-bond acceptors (Lipinski definition) is 4. The zero-order chi connectivity index (χ0) is 15.8. The van der Waals surface area contributed by atoms with Gasteiger partial charge in [-0.2, -0.15) is 0 Å². The lowest BCUT2D eigenvalue weighted by Crippen LogP contribution is -2.31. The largest absolute Gasteiger partial charge is 0.329 e. The van der Waals surface area contributed by atoms with E-state index < -0.39 is 0 Å². The Morgan fingerprint density at radius 1 is 1.00 bits per heavy atom. The first-order valence-corrected chi connectivity index (χ1v) is 7.39. The molecular weight excluding hydrogens is 314 g/mol. The van der Waals surface area contributed by atoms with Gasteiger partial charge < -0.3 is 5.73 Å². The Balaban J connectivity index is 0.00000264. The third kappa shape index (κ3) is 5.98. The first-order chi connectivity index (χ1) is 10.7. The van der Waals surface area contributed by atoms with Gasteiger partial charge in [-0.1, -0.05) is 48.5 Å². The van der Waals surface area contributed by atoms with Crippen LogP contribution in [0.15, 0.2) is 54.6 Å². The van der Waals surface area contributed by atoms with Crippen LogP contribution in [0, 0.1) is 10.1 Å². The van der Waals surface area contributed by atoms with E-state index in [0.29, 0.717) is 13.1 Å². The Labute approximate surface area is 142 Å². The summed E-state index contributed by atoms with van der Waals surface area (Å²) >= 11 is 0. The second kappa shape index (κ2) is 9.94. The fourth-order valence-corrected chi connectivity index (χ4v) is 2.45. The van der Waals surface area contributed by atoms with E-state index in [9.17, 15) is 10.1 Å². The van der Waals surface area contributed by atoms with Crippen molar-refractivity contribution in [3.8, 4) is 0 Å². The molecule has 0 saturated heterocycles. The number of rotatable bonds is 8. The SMILES string of the molecule is Cl.NCCN(CCc1ccccc1)Cc1ccccc1[N+](=O)[O-]. The average Bonchev–Trinajstić information content (AvgIpc) is 2.54. The first-order valence-electron chi connectivity index (χ1n) is 7.39. The molecular formula is C17H22ClN3O2. The van der Waals surface area contributed by atoms with Crippen molar-refractivity contribution in [3.05, 3.63) is 75.8 Å². The topological polar surface area (TPSA) is 72.4 Å². The molecule has 2 N–H and O–H groups in total. The normalized spacial score (nSPS) is 10.3. The second-order valence-electron chi connectivity index (χ2n) is 5.19. The van der Waals surface area contributed by atoms with Gasteiger partial charge in [0, 0.05) is 37.8 Å². The Morgan fingerprint density at radius 3 is 2.30 bits per heavy atom. The van der Waals surface area contributed by atoms with Gasteiger partial charge in [0.1, 0.15) is 0 Å². The molecule has 0 fully saturated rings. The van der Waals surface area contributed by atoms with Crippen LogP contribution >= 0.6 is 12.4 Å². The van der Waals surface area contributed by atoms with Crippen molar-refractivity contribution in [1.82, 2.24) is 4.90 Å². The molecule has 0 aliphatic carbocycles. The molecule has 2 aromatic carbocycles. The van der Waals surface area contributed by atoms with Crippen molar-refractivity contribution in [2.45, 2.75) is 13.0 Å². The molecule has 0 atom stereocenters. The summed E-state index contributed by atoms with van der Waals surface area (Å²) in [4.78, 5) is 12.9. The van der Waals surface area contributed by atoms with E-state index in [2.05, 4.69) is 17.0 Å². The van der Waals surface area contributed by atoms with Crippen LogP contribution in [0.3, 0.4) is 0 Å². The number of nitro benzene ring substituents is 1. The molecule has 0 amide bonds. The highest BCUT2D eigenvalue weighted by molar-refractivity contribution is 5.85. The fraction of sp³-hybridized carbons (Fsp3) is 0.294. The Hall–Kier alpha value is -1.95. The zero-order valence-electron chi connectivity index (χ0n) is 12.9. The number of nitrogens with zero attached hydrogens (tertiary/aromatic N) is 2. The molecule has 0 aromatic heterocycles. The van der Waals surface area contributed by atoms with Crippen molar-refractivity contribution in [1.29, 1.82) is 0 Å². The molecule has 124 valence electrons. The minimum absolute atomic E-state index is 0. The maximum absolute atomic E-state index is 11.1. The zero-order valence-corrected chi connectivity index (χ0v) is 13.7. The van der Waals surface area contributed by atoms with E-state index in [0.717, 1.165) is 25.1 Å². The molecule has 0 unspecified atom stereocenters. The van der Waals surface area contributed by atoms with Gasteiger partial charge in [-0.05, 0) is 12.0 Å². The van der Waals surface area contributed by atoms with Gasteiger partial charge in [-0.25, -0.2) is 0 Å². The molecule has 5 nitrogen and oxygen atoms in total. The van der Waals surface area contributed by atoms with Crippen LogP contribution in [-0.2, 0) is 13.0 Å². The smallest absolute Gasteiger partial charge is 0.273 e. The Bertz CT molecular complexity index is 608. The minimum Gasteiger partial charge on any atom is -0.329 e. The third-order valence-corrected chi connectivity index (χ3v) is 3.59. The summed E-state index contributed by atoms with van der Waals surface area (Å²) in [5.41, 5.74) is 7.83. The van der Waals surface area contributed by atoms with Crippen LogP contribution in [0.5, 0.6) is 0 Å². The maximum atomic E-state index is 11.1. The van der Waals surface area contributed by atoms with E-state index >= 15 is 0 Å². The average molecular weight is 336 g/mol. The quantitative estimate of drug-likeness (QED) is 0.594. The van der Waals surface area contributed by atoms with Gasteiger partial charge in [-0.3, -0.25) is 15.0 Å². The summed E-state index contributed by atoms with van der Waals surface area (Å²) in [7, 11) is 0. The highest BCUT2D eigenvalue weighted by Gasteiger charge is 2.15. The third-order valence-electron chi connectivity index (χ3n) is 3.59. The van der Waals surface area contributed by atoms with Crippen LogP contribution in [-0.4, -0.2) is 29.5 Å². The van der Waals surface area contributed by atoms with E-state index in [4.69, 9.17) is 5.73 Å². The van der Waals surface area contributed by atoms with Crippen LogP contribution in [0.1, 0.15) is 11.1 Å². The standard InChI is InChI=1S/C17H21N3O2.ClH/c18-11-13-19(12-10-15-6-2-1-3-7-15)14-16-8-4-5-9-17(16)20(21)22;/h1-9H,10-14,18H2;1H. The lowest BCUT2D eigenvalue weighted by molar-refractivity contribution is -0.385. The number of halogens is 1. The summed E-state index contributed by atoms with van der Waals surface area (Å²) in [6.07, 6.45) is 0.904. The molecule has 0 radical (unpaired) electrons. The van der Waals surface area contributed by atoms with Crippen LogP contribution in [0.2, 0.25) is 0 Å².